The van der Waals surface area contributed by atoms with E-state index in [2.05, 4.69) is 23.8 Å². The van der Waals surface area contributed by atoms with Gasteiger partial charge in [0.15, 0.2) is 11.6 Å². The standard InChI is InChI=1S/C25H34N2O4/c1-3-5-7-8-11-24(28)31-22-14-12-21(13-15-22)25-26-19-23(20-27-25)30-18-10-9-17-29-16-6-4-2/h8,11-15,19-20H,3-7,9-10,16-18H2,1-2H3/b11-8+. The fourth-order valence-corrected chi connectivity index (χ4v) is 2.71. The highest BCUT2D eigenvalue weighted by molar-refractivity contribution is 5.84. The molecule has 0 saturated heterocycles. The summed E-state index contributed by atoms with van der Waals surface area (Å²) in [6, 6.07) is 7.14. The number of ether oxygens (including phenoxy) is 3. The van der Waals surface area contributed by atoms with Crippen LogP contribution in [0.15, 0.2) is 48.8 Å². The topological polar surface area (TPSA) is 70.5 Å². The zero-order chi connectivity index (χ0) is 22.2. The average molecular weight is 427 g/mol. The van der Waals surface area contributed by atoms with Crippen LogP contribution in [0, 0.1) is 0 Å². The van der Waals surface area contributed by atoms with Crippen LogP contribution < -0.4 is 9.47 Å². The van der Waals surface area contributed by atoms with E-state index in [1.165, 1.54) is 6.08 Å². The van der Waals surface area contributed by atoms with E-state index in [1.807, 2.05) is 18.2 Å². The highest BCUT2D eigenvalue weighted by Crippen LogP contribution is 2.20. The predicted molar refractivity (Wildman–Crippen MR) is 122 cm³/mol. The predicted octanol–water partition coefficient (Wildman–Crippen LogP) is 5.77. The lowest BCUT2D eigenvalue weighted by Gasteiger charge is -2.07. The van der Waals surface area contributed by atoms with Crippen molar-refractivity contribution in [2.75, 3.05) is 19.8 Å². The monoisotopic (exact) mass is 426 g/mol. The van der Waals surface area contributed by atoms with Crippen molar-refractivity contribution in [3.63, 3.8) is 0 Å². The third-order valence-corrected chi connectivity index (χ3v) is 4.53. The second-order valence-electron chi connectivity index (χ2n) is 7.25. The number of allylic oxidation sites excluding steroid dienone is 1. The number of benzene rings is 1. The Morgan fingerprint density at radius 1 is 0.871 bits per heavy atom. The van der Waals surface area contributed by atoms with E-state index >= 15 is 0 Å². The van der Waals surface area contributed by atoms with Crippen LogP contribution in [0.25, 0.3) is 11.4 Å². The summed E-state index contributed by atoms with van der Waals surface area (Å²) >= 11 is 0. The van der Waals surface area contributed by atoms with Crippen LogP contribution in [0.1, 0.15) is 58.8 Å². The van der Waals surface area contributed by atoms with Crippen LogP contribution in [0.5, 0.6) is 11.5 Å². The van der Waals surface area contributed by atoms with Gasteiger partial charge in [-0.3, -0.25) is 0 Å². The Morgan fingerprint density at radius 3 is 2.26 bits per heavy atom. The van der Waals surface area contributed by atoms with Crippen molar-refractivity contribution in [2.24, 2.45) is 0 Å². The molecular formula is C25H34N2O4. The summed E-state index contributed by atoms with van der Waals surface area (Å²) in [4.78, 5) is 20.5. The molecule has 31 heavy (non-hydrogen) atoms. The SMILES string of the molecule is CCCC/C=C/C(=O)Oc1ccc(-c2ncc(OCCCCOCCCC)cn2)cc1. The largest absolute Gasteiger partial charge is 0.490 e. The molecule has 0 aliphatic heterocycles. The molecule has 0 N–H and O–H groups in total. The van der Waals surface area contributed by atoms with Gasteiger partial charge in [-0.15, -0.1) is 0 Å². The summed E-state index contributed by atoms with van der Waals surface area (Å²) in [5.41, 5.74) is 0.842. The lowest BCUT2D eigenvalue weighted by Crippen LogP contribution is -2.03. The second-order valence-corrected chi connectivity index (χ2v) is 7.25. The van der Waals surface area contributed by atoms with Gasteiger partial charge >= 0.3 is 5.97 Å². The van der Waals surface area contributed by atoms with E-state index in [0.29, 0.717) is 23.9 Å². The summed E-state index contributed by atoms with van der Waals surface area (Å²) < 4.78 is 16.5. The highest BCUT2D eigenvalue weighted by atomic mass is 16.5. The molecule has 0 fully saturated rings. The Labute approximate surface area is 185 Å². The Kier molecular flexibility index (Phi) is 12.0. The molecule has 2 aromatic rings. The molecule has 0 aliphatic carbocycles. The Hall–Kier alpha value is -2.73. The van der Waals surface area contributed by atoms with Crippen LogP contribution in [-0.2, 0) is 9.53 Å². The Balaban J connectivity index is 1.73. The number of unbranched alkanes of at least 4 members (excludes halogenated alkanes) is 4. The first-order valence-electron chi connectivity index (χ1n) is 11.2. The van der Waals surface area contributed by atoms with Crippen molar-refractivity contribution in [2.45, 2.75) is 58.8 Å². The third kappa shape index (κ3) is 10.2. The van der Waals surface area contributed by atoms with Gasteiger partial charge in [0.1, 0.15) is 5.75 Å². The van der Waals surface area contributed by atoms with Crippen molar-refractivity contribution in [1.29, 1.82) is 0 Å². The minimum Gasteiger partial charge on any atom is -0.490 e. The van der Waals surface area contributed by atoms with E-state index in [-0.39, 0.29) is 5.97 Å². The van der Waals surface area contributed by atoms with Crippen LogP contribution in [0.3, 0.4) is 0 Å². The van der Waals surface area contributed by atoms with E-state index in [0.717, 1.165) is 63.7 Å². The van der Waals surface area contributed by atoms with Gasteiger partial charge < -0.3 is 14.2 Å². The fraction of sp³-hybridized carbons (Fsp3) is 0.480. The smallest absolute Gasteiger partial charge is 0.335 e. The van der Waals surface area contributed by atoms with Gasteiger partial charge in [-0.1, -0.05) is 39.2 Å². The summed E-state index contributed by atoms with van der Waals surface area (Å²) in [5, 5.41) is 0. The quantitative estimate of drug-likeness (QED) is 0.156. The van der Waals surface area contributed by atoms with Gasteiger partial charge in [0.2, 0.25) is 0 Å². The number of hydrogen-bond acceptors (Lipinski definition) is 6. The first-order chi connectivity index (χ1) is 15.2. The molecule has 0 atom stereocenters. The lowest BCUT2D eigenvalue weighted by atomic mass is 10.2. The normalized spacial score (nSPS) is 11.0. The van der Waals surface area contributed by atoms with Gasteiger partial charge in [-0.25, -0.2) is 14.8 Å². The van der Waals surface area contributed by atoms with Crippen molar-refractivity contribution < 1.29 is 19.0 Å². The van der Waals surface area contributed by atoms with Crippen LogP contribution in [-0.4, -0.2) is 35.8 Å². The molecule has 1 heterocycles. The number of carbonyl (C=O) groups is 1. The first kappa shape index (κ1) is 24.5. The maximum atomic E-state index is 11.8. The number of nitrogens with zero attached hydrogens (tertiary/aromatic N) is 2. The van der Waals surface area contributed by atoms with E-state index in [1.54, 1.807) is 24.5 Å². The second kappa shape index (κ2) is 15.1. The van der Waals surface area contributed by atoms with Gasteiger partial charge in [0, 0.05) is 24.9 Å². The molecule has 1 aromatic carbocycles. The first-order valence-corrected chi connectivity index (χ1v) is 11.2. The van der Waals surface area contributed by atoms with Crippen molar-refractivity contribution in [1.82, 2.24) is 9.97 Å². The van der Waals surface area contributed by atoms with Crippen molar-refractivity contribution >= 4 is 5.97 Å². The minimum atomic E-state index is -0.367. The molecule has 6 nitrogen and oxygen atoms in total. The highest BCUT2D eigenvalue weighted by Gasteiger charge is 2.05. The molecule has 168 valence electrons. The molecule has 0 radical (unpaired) electrons. The molecule has 6 heteroatoms. The molecular weight excluding hydrogens is 392 g/mol. The zero-order valence-electron chi connectivity index (χ0n) is 18.7. The number of hydrogen-bond donors (Lipinski definition) is 0. The van der Waals surface area contributed by atoms with Gasteiger partial charge in [0.25, 0.3) is 0 Å². The number of esters is 1. The van der Waals surface area contributed by atoms with Crippen molar-refractivity contribution in [3.8, 4) is 22.9 Å². The minimum absolute atomic E-state index is 0.367. The molecule has 0 amide bonds. The molecule has 0 bridgehead atoms. The van der Waals surface area contributed by atoms with Crippen molar-refractivity contribution in [3.05, 3.63) is 48.8 Å². The molecule has 0 unspecified atom stereocenters. The Morgan fingerprint density at radius 2 is 1.55 bits per heavy atom. The maximum absolute atomic E-state index is 11.8. The van der Waals surface area contributed by atoms with Gasteiger partial charge in [-0.05, 0) is 49.9 Å². The third-order valence-electron chi connectivity index (χ3n) is 4.53. The van der Waals surface area contributed by atoms with Crippen LogP contribution >= 0.6 is 0 Å². The van der Waals surface area contributed by atoms with E-state index < -0.39 is 0 Å². The van der Waals surface area contributed by atoms with Gasteiger partial charge in [0.05, 0.1) is 19.0 Å². The van der Waals surface area contributed by atoms with Crippen LogP contribution in [0.4, 0.5) is 0 Å². The summed E-state index contributed by atoms with van der Waals surface area (Å²) in [5.74, 6) is 1.37. The number of carbonyl (C=O) groups excluding carboxylic acids is 1. The molecule has 1 aromatic heterocycles. The van der Waals surface area contributed by atoms with Gasteiger partial charge in [-0.2, -0.15) is 0 Å². The molecule has 0 spiro atoms. The van der Waals surface area contributed by atoms with E-state index in [9.17, 15) is 4.79 Å². The van der Waals surface area contributed by atoms with E-state index in [4.69, 9.17) is 14.2 Å². The fourth-order valence-electron chi connectivity index (χ4n) is 2.71. The maximum Gasteiger partial charge on any atom is 0.335 e. The number of aromatic nitrogens is 2. The Bertz CT molecular complexity index is 773. The molecule has 2 rings (SSSR count). The summed E-state index contributed by atoms with van der Waals surface area (Å²) in [6.07, 6.45) is 13.9. The van der Waals surface area contributed by atoms with Crippen LogP contribution in [0.2, 0.25) is 0 Å². The zero-order valence-corrected chi connectivity index (χ0v) is 18.7. The summed E-state index contributed by atoms with van der Waals surface area (Å²) in [7, 11) is 0. The molecule has 0 aliphatic rings. The lowest BCUT2D eigenvalue weighted by molar-refractivity contribution is -0.129. The average Bonchev–Trinajstić information content (AvgIpc) is 2.79. The summed E-state index contributed by atoms with van der Waals surface area (Å²) in [6.45, 7) is 6.51. The number of rotatable bonds is 15. The molecule has 0 saturated carbocycles.